The van der Waals surface area contributed by atoms with Gasteiger partial charge in [0.2, 0.25) is 0 Å². The van der Waals surface area contributed by atoms with E-state index in [9.17, 15) is 8.42 Å². The number of hydrogen-bond acceptors (Lipinski definition) is 4. The predicted octanol–water partition coefficient (Wildman–Crippen LogP) is 3.32. The first-order valence-electron chi connectivity index (χ1n) is 6.25. The van der Waals surface area contributed by atoms with Crippen molar-refractivity contribution in [3.05, 3.63) is 52.0 Å². The van der Waals surface area contributed by atoms with Gasteiger partial charge < -0.3 is 10.5 Å². The van der Waals surface area contributed by atoms with E-state index in [-0.39, 0.29) is 16.3 Å². The molecule has 0 atom stereocenters. The molecule has 2 aromatic rings. The molecule has 21 heavy (non-hydrogen) atoms. The number of methoxy groups -OCH3 is 1. The largest absolute Gasteiger partial charge is 0.496 e. The highest BCUT2D eigenvalue weighted by atomic mass is 79.9. The Kier molecular flexibility index (Phi) is 4.58. The molecule has 0 spiro atoms. The predicted molar refractivity (Wildman–Crippen MR) is 87.2 cm³/mol. The number of ether oxygens (including phenoxy) is 1. The summed E-state index contributed by atoms with van der Waals surface area (Å²) in [4.78, 5) is 0.134. The van der Waals surface area contributed by atoms with Crippen LogP contribution >= 0.6 is 15.9 Å². The van der Waals surface area contributed by atoms with Crippen LogP contribution in [0.5, 0.6) is 5.75 Å². The standard InChI is InChI=1S/C15H16BrNO3S/c1-10-3-5-14(20-2)11(7-10)9-21(18,19)15-6-4-12(16)8-13(15)17/h3-8H,9,17H2,1-2H3. The van der Waals surface area contributed by atoms with E-state index < -0.39 is 9.84 Å². The zero-order chi connectivity index (χ0) is 15.6. The van der Waals surface area contributed by atoms with Gasteiger partial charge in [-0.2, -0.15) is 0 Å². The zero-order valence-electron chi connectivity index (χ0n) is 11.8. The minimum absolute atomic E-state index is 0.134. The zero-order valence-corrected chi connectivity index (χ0v) is 14.2. The van der Waals surface area contributed by atoms with Gasteiger partial charge in [0.1, 0.15) is 5.75 Å². The molecule has 0 amide bonds. The Balaban J connectivity index is 2.44. The third-order valence-corrected chi connectivity index (χ3v) is 5.31. The lowest BCUT2D eigenvalue weighted by Crippen LogP contribution is -2.09. The van der Waals surface area contributed by atoms with Crippen LogP contribution in [-0.2, 0) is 15.6 Å². The van der Waals surface area contributed by atoms with Crippen LogP contribution in [0.1, 0.15) is 11.1 Å². The Morgan fingerprint density at radius 3 is 2.52 bits per heavy atom. The average molecular weight is 370 g/mol. The topological polar surface area (TPSA) is 69.4 Å². The molecule has 0 radical (unpaired) electrons. The first-order valence-corrected chi connectivity index (χ1v) is 8.69. The molecule has 0 unspecified atom stereocenters. The molecule has 112 valence electrons. The molecular weight excluding hydrogens is 354 g/mol. The number of halogens is 1. The Labute approximate surface area is 133 Å². The summed E-state index contributed by atoms with van der Waals surface area (Å²) in [5.74, 6) is 0.406. The van der Waals surface area contributed by atoms with Crippen molar-refractivity contribution in [2.75, 3.05) is 12.8 Å². The molecule has 0 aliphatic rings. The molecule has 4 nitrogen and oxygen atoms in total. The van der Waals surface area contributed by atoms with Crippen molar-refractivity contribution in [3.63, 3.8) is 0 Å². The van der Waals surface area contributed by atoms with Gasteiger partial charge in [0.05, 0.1) is 23.4 Å². The van der Waals surface area contributed by atoms with E-state index in [0.717, 1.165) is 10.0 Å². The maximum atomic E-state index is 12.6. The highest BCUT2D eigenvalue weighted by Crippen LogP contribution is 2.29. The van der Waals surface area contributed by atoms with Gasteiger partial charge in [-0.1, -0.05) is 33.6 Å². The van der Waals surface area contributed by atoms with Crippen LogP contribution in [0, 0.1) is 6.92 Å². The molecule has 0 aromatic heterocycles. The fourth-order valence-electron chi connectivity index (χ4n) is 2.11. The van der Waals surface area contributed by atoms with E-state index in [0.29, 0.717) is 11.3 Å². The maximum Gasteiger partial charge on any atom is 0.184 e. The number of anilines is 1. The number of aryl methyl sites for hydroxylation is 1. The maximum absolute atomic E-state index is 12.6. The fourth-order valence-corrected chi connectivity index (χ4v) is 3.97. The first-order chi connectivity index (χ1) is 9.83. The van der Waals surface area contributed by atoms with Crippen molar-refractivity contribution < 1.29 is 13.2 Å². The van der Waals surface area contributed by atoms with E-state index >= 15 is 0 Å². The van der Waals surface area contributed by atoms with Crippen LogP contribution in [0.2, 0.25) is 0 Å². The summed E-state index contributed by atoms with van der Waals surface area (Å²) in [5, 5.41) is 0. The molecular formula is C15H16BrNO3S. The summed E-state index contributed by atoms with van der Waals surface area (Å²) >= 11 is 3.27. The molecule has 0 aliphatic heterocycles. The molecule has 0 saturated heterocycles. The third kappa shape index (κ3) is 3.57. The molecule has 2 rings (SSSR count). The van der Waals surface area contributed by atoms with E-state index in [2.05, 4.69) is 15.9 Å². The van der Waals surface area contributed by atoms with Gasteiger partial charge in [0.15, 0.2) is 9.84 Å². The molecule has 0 bridgehead atoms. The van der Waals surface area contributed by atoms with Crippen molar-refractivity contribution in [2.45, 2.75) is 17.6 Å². The van der Waals surface area contributed by atoms with Crippen LogP contribution in [0.4, 0.5) is 5.69 Å². The average Bonchev–Trinajstić information content (AvgIpc) is 2.37. The van der Waals surface area contributed by atoms with E-state index in [1.54, 1.807) is 18.2 Å². The van der Waals surface area contributed by atoms with Crippen LogP contribution in [0.3, 0.4) is 0 Å². The van der Waals surface area contributed by atoms with Crippen LogP contribution in [-0.4, -0.2) is 15.5 Å². The highest BCUT2D eigenvalue weighted by molar-refractivity contribution is 9.10. The quantitative estimate of drug-likeness (QED) is 0.839. The number of sulfone groups is 1. The summed E-state index contributed by atoms with van der Waals surface area (Å²) in [6.07, 6.45) is 0. The van der Waals surface area contributed by atoms with Crippen LogP contribution in [0.15, 0.2) is 45.8 Å². The number of hydrogen-bond donors (Lipinski definition) is 1. The summed E-state index contributed by atoms with van der Waals surface area (Å²) in [5.41, 5.74) is 7.66. The summed E-state index contributed by atoms with van der Waals surface area (Å²) in [6.45, 7) is 1.91. The lowest BCUT2D eigenvalue weighted by molar-refractivity contribution is 0.411. The van der Waals surface area contributed by atoms with Gasteiger partial charge in [-0.15, -0.1) is 0 Å². The highest BCUT2D eigenvalue weighted by Gasteiger charge is 2.20. The lowest BCUT2D eigenvalue weighted by atomic mass is 10.1. The van der Waals surface area contributed by atoms with E-state index in [4.69, 9.17) is 10.5 Å². The lowest BCUT2D eigenvalue weighted by Gasteiger charge is -2.12. The first kappa shape index (κ1) is 15.9. The molecule has 6 heteroatoms. The van der Waals surface area contributed by atoms with Crippen molar-refractivity contribution in [3.8, 4) is 5.75 Å². The number of rotatable bonds is 4. The Bertz CT molecular complexity index is 772. The molecule has 0 saturated carbocycles. The van der Waals surface area contributed by atoms with Crippen molar-refractivity contribution >= 4 is 31.5 Å². The normalized spacial score (nSPS) is 11.4. The SMILES string of the molecule is COc1ccc(C)cc1CS(=O)(=O)c1ccc(Br)cc1N. The van der Waals surface area contributed by atoms with Gasteiger partial charge >= 0.3 is 0 Å². The van der Waals surface area contributed by atoms with Crippen molar-refractivity contribution in [1.29, 1.82) is 0 Å². The van der Waals surface area contributed by atoms with Gasteiger partial charge in [-0.25, -0.2) is 8.42 Å². The van der Waals surface area contributed by atoms with Crippen LogP contribution < -0.4 is 10.5 Å². The molecule has 2 aromatic carbocycles. The molecule has 0 heterocycles. The minimum atomic E-state index is -3.54. The number of benzene rings is 2. The van der Waals surface area contributed by atoms with Crippen LogP contribution in [0.25, 0.3) is 0 Å². The molecule has 0 fully saturated rings. The fraction of sp³-hybridized carbons (Fsp3) is 0.200. The molecule has 2 N–H and O–H groups in total. The van der Waals surface area contributed by atoms with Gasteiger partial charge in [0.25, 0.3) is 0 Å². The van der Waals surface area contributed by atoms with E-state index in [1.807, 2.05) is 19.1 Å². The second-order valence-corrected chi connectivity index (χ2v) is 7.63. The third-order valence-electron chi connectivity index (χ3n) is 3.09. The minimum Gasteiger partial charge on any atom is -0.496 e. The number of nitrogen functional groups attached to an aromatic ring is 1. The van der Waals surface area contributed by atoms with Gasteiger partial charge in [-0.05, 0) is 31.2 Å². The second kappa shape index (κ2) is 6.07. The smallest absolute Gasteiger partial charge is 0.184 e. The van der Waals surface area contributed by atoms with Crippen molar-refractivity contribution in [2.24, 2.45) is 0 Å². The van der Waals surface area contributed by atoms with E-state index in [1.165, 1.54) is 13.2 Å². The summed E-state index contributed by atoms with van der Waals surface area (Å²) in [7, 11) is -2.01. The van der Waals surface area contributed by atoms with Gasteiger partial charge in [0, 0.05) is 10.0 Å². The Morgan fingerprint density at radius 1 is 1.19 bits per heavy atom. The summed E-state index contributed by atoms with van der Waals surface area (Å²) < 4.78 is 31.1. The Morgan fingerprint density at radius 2 is 1.90 bits per heavy atom. The van der Waals surface area contributed by atoms with Gasteiger partial charge in [-0.3, -0.25) is 0 Å². The Hall–Kier alpha value is -1.53. The number of nitrogens with two attached hydrogens (primary N) is 1. The van der Waals surface area contributed by atoms with Crippen molar-refractivity contribution in [1.82, 2.24) is 0 Å². The molecule has 0 aliphatic carbocycles. The monoisotopic (exact) mass is 369 g/mol. The summed E-state index contributed by atoms with van der Waals surface area (Å²) in [6, 6.07) is 10.2. The second-order valence-electron chi connectivity index (χ2n) is 4.76.